The second kappa shape index (κ2) is 7.36. The van der Waals surface area contributed by atoms with Gasteiger partial charge in [0.25, 0.3) is 0 Å². The Kier molecular flexibility index (Phi) is 5.49. The van der Waals surface area contributed by atoms with Gasteiger partial charge in [-0.3, -0.25) is 5.32 Å². The van der Waals surface area contributed by atoms with Gasteiger partial charge in [0.15, 0.2) is 0 Å². The number of anilines is 1. The number of ether oxygens (including phenoxy) is 1. The van der Waals surface area contributed by atoms with Gasteiger partial charge in [-0.25, -0.2) is 4.79 Å². The molecule has 1 amide bonds. The zero-order valence-corrected chi connectivity index (χ0v) is 14.1. The van der Waals surface area contributed by atoms with Gasteiger partial charge in [0.05, 0.1) is 19.1 Å². The minimum Gasteiger partial charge on any atom is -0.453 e. The maximum absolute atomic E-state index is 11.3. The summed E-state index contributed by atoms with van der Waals surface area (Å²) in [5.41, 5.74) is 2.79. The fourth-order valence-electron chi connectivity index (χ4n) is 2.20. The highest BCUT2D eigenvalue weighted by Crippen LogP contribution is 2.34. The molecule has 0 aromatic heterocycles. The number of benzene rings is 2. The summed E-state index contributed by atoms with van der Waals surface area (Å²) in [6.45, 7) is 1.82. The van der Waals surface area contributed by atoms with E-state index in [1.165, 1.54) is 7.11 Å². The molecule has 0 heterocycles. The Morgan fingerprint density at radius 1 is 1.26 bits per heavy atom. The number of methoxy groups -OCH3 is 1. The van der Waals surface area contributed by atoms with Crippen molar-refractivity contribution in [2.75, 3.05) is 12.4 Å². The van der Waals surface area contributed by atoms with Crippen molar-refractivity contribution in [3.63, 3.8) is 0 Å². The first-order valence-electron chi connectivity index (χ1n) is 6.76. The molecule has 0 aliphatic heterocycles. The summed E-state index contributed by atoms with van der Waals surface area (Å²) < 4.78 is 4.57. The summed E-state index contributed by atoms with van der Waals surface area (Å²) in [5.74, 6) is -0.523. The Hall–Kier alpha value is -2.22. The second-order valence-electron chi connectivity index (χ2n) is 4.92. The summed E-state index contributed by atoms with van der Waals surface area (Å²) >= 11 is 12.2. The summed E-state index contributed by atoms with van der Waals surface area (Å²) in [5, 5.41) is 13.1. The van der Waals surface area contributed by atoms with E-state index in [1.54, 1.807) is 36.4 Å². The van der Waals surface area contributed by atoms with Crippen molar-refractivity contribution < 1.29 is 9.53 Å². The molecule has 2 aromatic carbocycles. The van der Waals surface area contributed by atoms with Gasteiger partial charge in [-0.1, -0.05) is 41.4 Å². The van der Waals surface area contributed by atoms with Crippen LogP contribution < -0.4 is 5.32 Å². The maximum Gasteiger partial charge on any atom is 0.411 e. The van der Waals surface area contributed by atoms with Crippen molar-refractivity contribution in [3.8, 4) is 6.07 Å². The van der Waals surface area contributed by atoms with Gasteiger partial charge in [0.2, 0.25) is 0 Å². The lowest BCUT2D eigenvalue weighted by Gasteiger charge is -2.15. The van der Waals surface area contributed by atoms with Crippen molar-refractivity contribution in [1.82, 2.24) is 0 Å². The molecule has 2 rings (SSSR count). The lowest BCUT2D eigenvalue weighted by Crippen LogP contribution is -2.12. The minimum absolute atomic E-state index is 0.392. The highest BCUT2D eigenvalue weighted by Gasteiger charge is 2.19. The lowest BCUT2D eigenvalue weighted by molar-refractivity contribution is 0.187. The molecule has 0 saturated carbocycles. The van der Waals surface area contributed by atoms with E-state index in [9.17, 15) is 10.1 Å². The lowest BCUT2D eigenvalue weighted by atomic mass is 9.91. The fraction of sp³-hybridized carbons (Fsp3) is 0.176. The van der Waals surface area contributed by atoms with Crippen LogP contribution in [0.1, 0.15) is 22.6 Å². The number of carbonyl (C=O) groups excluding carboxylic acids is 1. The Morgan fingerprint density at radius 3 is 2.48 bits per heavy atom. The zero-order valence-electron chi connectivity index (χ0n) is 12.6. The van der Waals surface area contributed by atoms with E-state index in [1.807, 2.05) is 6.92 Å². The predicted molar refractivity (Wildman–Crippen MR) is 91.1 cm³/mol. The van der Waals surface area contributed by atoms with E-state index < -0.39 is 12.0 Å². The van der Waals surface area contributed by atoms with Gasteiger partial charge >= 0.3 is 6.09 Å². The van der Waals surface area contributed by atoms with Gasteiger partial charge in [0.1, 0.15) is 0 Å². The molecule has 6 heteroatoms. The standard InChI is InChI=1S/C17H14Cl2N2O2/c1-10-7-13(15(19)8-16(10)21-17(22)23-2)14(9-20)11-3-5-12(18)6-4-11/h3-8,14H,1-2H3,(H,21,22). The van der Waals surface area contributed by atoms with E-state index in [0.717, 1.165) is 11.1 Å². The number of nitrogens with one attached hydrogen (secondary N) is 1. The van der Waals surface area contributed by atoms with E-state index in [4.69, 9.17) is 23.2 Å². The van der Waals surface area contributed by atoms with Crippen LogP contribution in [-0.4, -0.2) is 13.2 Å². The molecule has 1 N–H and O–H groups in total. The van der Waals surface area contributed by atoms with Crippen LogP contribution in [0.5, 0.6) is 0 Å². The number of hydrogen-bond donors (Lipinski definition) is 1. The summed E-state index contributed by atoms with van der Waals surface area (Å²) in [6, 6.07) is 12.7. The highest BCUT2D eigenvalue weighted by atomic mass is 35.5. The molecule has 0 aliphatic rings. The number of aryl methyl sites for hydroxylation is 1. The molecular weight excluding hydrogens is 335 g/mol. The molecule has 0 saturated heterocycles. The number of rotatable bonds is 3. The van der Waals surface area contributed by atoms with Crippen LogP contribution in [0.25, 0.3) is 0 Å². The van der Waals surface area contributed by atoms with E-state index in [-0.39, 0.29) is 0 Å². The molecular formula is C17H14Cl2N2O2. The molecule has 4 nitrogen and oxygen atoms in total. The Morgan fingerprint density at radius 2 is 1.91 bits per heavy atom. The molecule has 0 spiro atoms. The molecule has 1 unspecified atom stereocenters. The van der Waals surface area contributed by atoms with Crippen molar-refractivity contribution in [1.29, 1.82) is 5.26 Å². The van der Waals surface area contributed by atoms with Crippen molar-refractivity contribution >= 4 is 35.0 Å². The molecule has 0 radical (unpaired) electrons. The SMILES string of the molecule is COC(=O)Nc1cc(Cl)c(C(C#N)c2ccc(Cl)cc2)cc1C. The first-order valence-corrected chi connectivity index (χ1v) is 7.52. The zero-order chi connectivity index (χ0) is 17.0. The average molecular weight is 349 g/mol. The monoisotopic (exact) mass is 348 g/mol. The normalized spacial score (nSPS) is 11.4. The molecule has 2 aromatic rings. The van der Waals surface area contributed by atoms with Gasteiger partial charge < -0.3 is 4.74 Å². The minimum atomic E-state index is -0.577. The third kappa shape index (κ3) is 3.95. The number of nitriles is 1. The molecule has 0 fully saturated rings. The van der Waals surface area contributed by atoms with Crippen LogP contribution in [0.2, 0.25) is 10.0 Å². The van der Waals surface area contributed by atoms with E-state index in [0.29, 0.717) is 21.3 Å². The third-order valence-electron chi connectivity index (χ3n) is 3.41. The van der Waals surface area contributed by atoms with Crippen LogP contribution in [0, 0.1) is 18.3 Å². The summed E-state index contributed by atoms with van der Waals surface area (Å²) in [4.78, 5) is 11.3. The number of amides is 1. The Bertz CT molecular complexity index is 767. The van der Waals surface area contributed by atoms with Crippen LogP contribution in [0.15, 0.2) is 36.4 Å². The quantitative estimate of drug-likeness (QED) is 0.835. The van der Waals surface area contributed by atoms with Crippen molar-refractivity contribution in [2.45, 2.75) is 12.8 Å². The molecule has 1 atom stereocenters. The van der Waals surface area contributed by atoms with E-state index >= 15 is 0 Å². The largest absolute Gasteiger partial charge is 0.453 e. The topological polar surface area (TPSA) is 62.1 Å². The van der Waals surface area contributed by atoms with Gasteiger partial charge in [-0.2, -0.15) is 5.26 Å². The van der Waals surface area contributed by atoms with Crippen LogP contribution in [0.4, 0.5) is 10.5 Å². The molecule has 0 aliphatic carbocycles. The molecule has 23 heavy (non-hydrogen) atoms. The van der Waals surface area contributed by atoms with Gasteiger partial charge in [0, 0.05) is 15.7 Å². The van der Waals surface area contributed by atoms with Crippen LogP contribution in [0.3, 0.4) is 0 Å². The summed E-state index contributed by atoms with van der Waals surface area (Å²) in [6.07, 6.45) is -0.577. The van der Waals surface area contributed by atoms with E-state index in [2.05, 4.69) is 16.1 Å². The maximum atomic E-state index is 11.3. The first-order chi connectivity index (χ1) is 11.0. The van der Waals surface area contributed by atoms with Crippen molar-refractivity contribution in [3.05, 3.63) is 63.1 Å². The predicted octanol–water partition coefficient (Wildman–Crippen LogP) is 5.14. The molecule has 0 bridgehead atoms. The smallest absolute Gasteiger partial charge is 0.411 e. The van der Waals surface area contributed by atoms with Gasteiger partial charge in [-0.15, -0.1) is 0 Å². The Balaban J connectivity index is 2.42. The Labute approximate surface area is 144 Å². The van der Waals surface area contributed by atoms with Crippen LogP contribution >= 0.6 is 23.2 Å². The highest BCUT2D eigenvalue weighted by molar-refractivity contribution is 6.32. The number of hydrogen-bond acceptors (Lipinski definition) is 3. The number of carbonyl (C=O) groups is 1. The van der Waals surface area contributed by atoms with Crippen molar-refractivity contribution in [2.24, 2.45) is 0 Å². The van der Waals surface area contributed by atoms with Crippen LogP contribution in [-0.2, 0) is 4.74 Å². The first kappa shape index (κ1) is 17.1. The van der Waals surface area contributed by atoms with Gasteiger partial charge in [-0.05, 0) is 41.8 Å². The third-order valence-corrected chi connectivity index (χ3v) is 3.99. The average Bonchev–Trinajstić information content (AvgIpc) is 2.54. The number of halogens is 2. The fourth-order valence-corrected chi connectivity index (χ4v) is 2.60. The number of nitrogens with zero attached hydrogens (tertiary/aromatic N) is 1. The second-order valence-corrected chi connectivity index (χ2v) is 5.76. The molecule has 118 valence electrons. The summed E-state index contributed by atoms with van der Waals surface area (Å²) in [7, 11) is 1.28.